The van der Waals surface area contributed by atoms with Gasteiger partial charge in [-0.3, -0.25) is 4.79 Å². The van der Waals surface area contributed by atoms with Crippen LogP contribution in [-0.4, -0.2) is 44.4 Å². The molecule has 0 aliphatic carbocycles. The highest BCUT2D eigenvalue weighted by molar-refractivity contribution is 5.83. The van der Waals surface area contributed by atoms with E-state index in [4.69, 9.17) is 0 Å². The number of rotatable bonds is 6. The molecule has 0 aliphatic heterocycles. The zero-order chi connectivity index (χ0) is 16.6. The fourth-order valence-electron chi connectivity index (χ4n) is 0.767. The summed E-state index contributed by atoms with van der Waals surface area (Å²) < 4.78 is 0. The second-order valence-corrected chi connectivity index (χ2v) is 4.28. The Kier molecular flexibility index (Phi) is 20.5. The number of carbonyl (C=O) groups is 4. The second-order valence-electron chi connectivity index (χ2n) is 4.28. The minimum Gasteiger partial charge on any atom is -0.359 e. The van der Waals surface area contributed by atoms with E-state index >= 15 is 0 Å². The lowest BCUT2D eigenvalue weighted by molar-refractivity contribution is -0.124. The summed E-state index contributed by atoms with van der Waals surface area (Å²) in [5.74, 6) is 0.143. The molecular formula is C14H28N2O4. The van der Waals surface area contributed by atoms with Crippen LogP contribution in [0.4, 0.5) is 0 Å². The monoisotopic (exact) mass is 288 g/mol. The van der Waals surface area contributed by atoms with Crippen molar-refractivity contribution in [3.8, 4) is 0 Å². The van der Waals surface area contributed by atoms with Gasteiger partial charge >= 0.3 is 0 Å². The van der Waals surface area contributed by atoms with Gasteiger partial charge in [0.1, 0.15) is 17.3 Å². The van der Waals surface area contributed by atoms with Crippen LogP contribution in [-0.2, 0) is 19.2 Å². The van der Waals surface area contributed by atoms with Gasteiger partial charge in [0.05, 0.1) is 0 Å². The first-order valence-corrected chi connectivity index (χ1v) is 6.48. The molecule has 20 heavy (non-hydrogen) atoms. The van der Waals surface area contributed by atoms with Crippen LogP contribution in [0.2, 0.25) is 0 Å². The summed E-state index contributed by atoms with van der Waals surface area (Å²) in [5.41, 5.74) is 0. The normalized spacial score (nSPS) is 8.30. The van der Waals surface area contributed by atoms with Gasteiger partial charge in [0, 0.05) is 32.7 Å². The van der Waals surface area contributed by atoms with Gasteiger partial charge in [-0.2, -0.15) is 0 Å². The molecular weight excluding hydrogens is 260 g/mol. The molecule has 2 N–H and O–H groups in total. The highest BCUT2D eigenvalue weighted by Gasteiger charge is 1.98. The van der Waals surface area contributed by atoms with Crippen LogP contribution < -0.4 is 10.6 Å². The molecule has 0 aromatic heterocycles. The van der Waals surface area contributed by atoms with Crippen molar-refractivity contribution in [2.45, 2.75) is 46.5 Å². The molecule has 0 aromatic rings. The van der Waals surface area contributed by atoms with Crippen molar-refractivity contribution in [2.24, 2.45) is 0 Å². The maximum Gasteiger partial charge on any atom is 0.220 e. The summed E-state index contributed by atoms with van der Waals surface area (Å²) >= 11 is 0. The van der Waals surface area contributed by atoms with E-state index in [2.05, 4.69) is 10.6 Å². The molecule has 0 saturated carbocycles. The smallest absolute Gasteiger partial charge is 0.220 e. The molecule has 118 valence electrons. The average molecular weight is 288 g/mol. The van der Waals surface area contributed by atoms with Crippen LogP contribution >= 0.6 is 0 Å². The Balaban J connectivity index is -0.000000243. The van der Waals surface area contributed by atoms with Gasteiger partial charge in [-0.05, 0) is 34.9 Å². The van der Waals surface area contributed by atoms with Gasteiger partial charge in [0.15, 0.2) is 0 Å². The third kappa shape index (κ3) is 36.0. The van der Waals surface area contributed by atoms with Gasteiger partial charge in [0.2, 0.25) is 5.91 Å². The lowest BCUT2D eigenvalue weighted by Crippen LogP contribution is -2.17. The van der Waals surface area contributed by atoms with Crippen LogP contribution in [0, 0.1) is 0 Å². The van der Waals surface area contributed by atoms with Crippen LogP contribution in [0.5, 0.6) is 0 Å². The molecule has 0 aromatic carbocycles. The number of amides is 1. The van der Waals surface area contributed by atoms with Crippen LogP contribution in [0.1, 0.15) is 46.5 Å². The highest BCUT2D eigenvalue weighted by atomic mass is 16.2. The molecule has 1 amide bonds. The molecule has 0 fully saturated rings. The Morgan fingerprint density at radius 2 is 0.900 bits per heavy atom. The third-order valence-electron chi connectivity index (χ3n) is 1.81. The molecule has 6 nitrogen and oxygen atoms in total. The molecule has 0 heterocycles. The first-order chi connectivity index (χ1) is 9.20. The Morgan fingerprint density at radius 1 is 0.650 bits per heavy atom. The van der Waals surface area contributed by atoms with E-state index in [9.17, 15) is 19.2 Å². The first kappa shape index (κ1) is 23.5. The van der Waals surface area contributed by atoms with E-state index in [0.717, 1.165) is 0 Å². The molecule has 0 unspecified atom stereocenters. The molecule has 6 heteroatoms. The fraction of sp³-hybridized carbons (Fsp3) is 0.714. The molecule has 0 rings (SSSR count). The topological polar surface area (TPSA) is 92.3 Å². The number of hydrogen-bond donors (Lipinski definition) is 2. The molecule has 0 bridgehead atoms. The third-order valence-corrected chi connectivity index (χ3v) is 1.81. The van der Waals surface area contributed by atoms with Crippen molar-refractivity contribution >= 4 is 23.3 Å². The van der Waals surface area contributed by atoms with E-state index in [-0.39, 0.29) is 23.3 Å². The number of hydrogen-bond acceptors (Lipinski definition) is 5. The van der Waals surface area contributed by atoms with Crippen molar-refractivity contribution in [1.29, 1.82) is 0 Å². The molecule has 0 spiro atoms. The lowest BCUT2D eigenvalue weighted by Gasteiger charge is -1.93. The summed E-state index contributed by atoms with van der Waals surface area (Å²) in [6.07, 6.45) is 1.45. The number of nitrogens with one attached hydrogen (secondary N) is 2. The SMILES string of the molecule is CC(=O)CCC(C)=O.CNC.CNC(=O)CCC(C)=O. The van der Waals surface area contributed by atoms with Crippen molar-refractivity contribution in [2.75, 3.05) is 21.1 Å². The molecule has 0 atom stereocenters. The van der Waals surface area contributed by atoms with Gasteiger partial charge in [-0.15, -0.1) is 0 Å². The van der Waals surface area contributed by atoms with Gasteiger partial charge in [-0.1, -0.05) is 0 Å². The minimum atomic E-state index is -0.0785. The largest absolute Gasteiger partial charge is 0.359 e. The Morgan fingerprint density at radius 3 is 1.10 bits per heavy atom. The summed E-state index contributed by atoms with van der Waals surface area (Å²) in [7, 11) is 5.31. The van der Waals surface area contributed by atoms with Crippen molar-refractivity contribution in [3.05, 3.63) is 0 Å². The molecule has 0 saturated heterocycles. The van der Waals surface area contributed by atoms with Crippen LogP contribution in [0.15, 0.2) is 0 Å². The Bertz CT molecular complexity index is 288. The van der Waals surface area contributed by atoms with Gasteiger partial charge in [-0.25, -0.2) is 0 Å². The maximum atomic E-state index is 10.5. The Labute approximate surface area is 121 Å². The zero-order valence-corrected chi connectivity index (χ0v) is 13.5. The predicted molar refractivity (Wildman–Crippen MR) is 79.6 cm³/mol. The molecule has 0 aliphatic rings. The van der Waals surface area contributed by atoms with E-state index < -0.39 is 0 Å². The molecule has 0 radical (unpaired) electrons. The average Bonchev–Trinajstić information content (AvgIpc) is 2.35. The van der Waals surface area contributed by atoms with Gasteiger partial charge in [0.25, 0.3) is 0 Å². The first-order valence-electron chi connectivity index (χ1n) is 6.48. The van der Waals surface area contributed by atoms with E-state index in [1.807, 2.05) is 14.1 Å². The summed E-state index contributed by atoms with van der Waals surface area (Å²) in [5, 5.41) is 5.18. The van der Waals surface area contributed by atoms with E-state index in [0.29, 0.717) is 25.7 Å². The second kappa shape index (κ2) is 17.4. The lowest BCUT2D eigenvalue weighted by atomic mass is 10.2. The van der Waals surface area contributed by atoms with E-state index in [1.54, 1.807) is 7.05 Å². The number of ketones is 3. The van der Waals surface area contributed by atoms with Crippen LogP contribution in [0.3, 0.4) is 0 Å². The maximum absolute atomic E-state index is 10.5. The van der Waals surface area contributed by atoms with Crippen molar-refractivity contribution in [3.63, 3.8) is 0 Å². The van der Waals surface area contributed by atoms with Gasteiger partial charge < -0.3 is 25.0 Å². The van der Waals surface area contributed by atoms with Crippen molar-refractivity contribution < 1.29 is 19.2 Å². The number of carbonyl (C=O) groups excluding carboxylic acids is 4. The number of Topliss-reactive ketones (excluding diaryl/α,β-unsaturated/α-hetero) is 3. The summed E-state index contributed by atoms with van der Waals surface area (Å²) in [6.45, 7) is 4.45. The fourth-order valence-corrected chi connectivity index (χ4v) is 0.767. The minimum absolute atomic E-state index is 0.0543. The highest BCUT2D eigenvalue weighted by Crippen LogP contribution is 1.89. The Hall–Kier alpha value is -1.56. The quantitative estimate of drug-likeness (QED) is 0.757. The zero-order valence-electron chi connectivity index (χ0n) is 13.5. The van der Waals surface area contributed by atoms with Crippen LogP contribution in [0.25, 0.3) is 0 Å². The van der Waals surface area contributed by atoms with Crippen molar-refractivity contribution in [1.82, 2.24) is 10.6 Å². The summed E-state index contributed by atoms with van der Waals surface area (Å²) in [6, 6.07) is 0. The standard InChI is InChI=1S/C6H11NO2.C6H10O2.C2H7N/c1-5(8)3-4-6(9)7-2;1-5(7)3-4-6(2)8;1-3-2/h3-4H2,1-2H3,(H,7,9);3-4H2,1-2H3;3H,1-2H3. The predicted octanol–water partition coefficient (Wildman–Crippen LogP) is 0.882. The summed E-state index contributed by atoms with van der Waals surface area (Å²) in [4.78, 5) is 41.1. The van der Waals surface area contributed by atoms with E-state index in [1.165, 1.54) is 20.8 Å².